The maximum atomic E-state index is 5.38. The van der Waals surface area contributed by atoms with Gasteiger partial charge in [-0.25, -0.2) is 0 Å². The zero-order valence-electron chi connectivity index (χ0n) is 10.5. The van der Waals surface area contributed by atoms with Crippen LogP contribution < -0.4 is 0 Å². The van der Waals surface area contributed by atoms with Gasteiger partial charge >= 0.3 is 0 Å². The number of rotatable bonds is 2. The molecule has 17 heavy (non-hydrogen) atoms. The molecular weight excluding hydrogens is 246 g/mol. The third-order valence-corrected chi connectivity index (χ3v) is 4.66. The molecule has 0 aromatic rings. The predicted molar refractivity (Wildman–Crippen MR) is 81.7 cm³/mol. The van der Waals surface area contributed by atoms with Crippen molar-refractivity contribution in [1.29, 1.82) is 0 Å². The zero-order valence-corrected chi connectivity index (χ0v) is 12.2. The van der Waals surface area contributed by atoms with E-state index in [-0.39, 0.29) is 0 Å². The molecule has 2 saturated carbocycles. The summed E-state index contributed by atoms with van der Waals surface area (Å²) in [6.45, 7) is 4.26. The van der Waals surface area contributed by atoms with Gasteiger partial charge in [-0.15, -0.1) is 12.6 Å². The summed E-state index contributed by atoms with van der Waals surface area (Å²) in [5.74, 6) is 0. The molecule has 0 heterocycles. The minimum atomic E-state index is 0.469. The summed E-state index contributed by atoms with van der Waals surface area (Å²) >= 11 is 9.85. The van der Waals surface area contributed by atoms with Gasteiger partial charge in [0.15, 0.2) is 0 Å². The van der Waals surface area contributed by atoms with Gasteiger partial charge in [0.1, 0.15) is 4.32 Å². The fourth-order valence-electron chi connectivity index (χ4n) is 3.30. The Kier molecular flexibility index (Phi) is 4.92. The molecule has 0 aromatic heterocycles. The summed E-state index contributed by atoms with van der Waals surface area (Å²) in [5.41, 5.74) is 1.37. The highest BCUT2D eigenvalue weighted by Gasteiger charge is 2.31. The molecule has 1 unspecified atom stereocenters. The fraction of sp³-hybridized carbons (Fsp3) is 0.786. The number of thiocarbonyl (C=S) groups is 1. The summed E-state index contributed by atoms with van der Waals surface area (Å²) in [7, 11) is 0. The summed E-state index contributed by atoms with van der Waals surface area (Å²) in [6.07, 6.45) is 11.6. The summed E-state index contributed by atoms with van der Waals surface area (Å²) in [5, 5.41) is 0. The van der Waals surface area contributed by atoms with Crippen LogP contribution in [0.3, 0.4) is 0 Å². The molecular formula is C14H23NS2. The van der Waals surface area contributed by atoms with Crippen molar-refractivity contribution >= 4 is 29.2 Å². The molecule has 0 aliphatic heterocycles. The fourth-order valence-corrected chi connectivity index (χ4v) is 3.88. The monoisotopic (exact) mass is 269 g/mol. The number of hydrogen-bond donors (Lipinski definition) is 1. The Balaban J connectivity index is 2.09. The molecule has 0 bridgehead atoms. The van der Waals surface area contributed by atoms with Crippen LogP contribution in [0.25, 0.3) is 0 Å². The van der Waals surface area contributed by atoms with Gasteiger partial charge in [-0.2, -0.15) is 0 Å². The standard InChI is InChI=1S/C14H23NS2/c1-11-7-5-6-10-13(11)15(14(16)17)12-8-3-2-4-9-12/h12-13H,1-10H2,(H,16,17). The second-order valence-electron chi connectivity index (χ2n) is 5.40. The van der Waals surface area contributed by atoms with E-state index < -0.39 is 0 Å². The van der Waals surface area contributed by atoms with Gasteiger partial charge in [0.25, 0.3) is 0 Å². The lowest BCUT2D eigenvalue weighted by atomic mass is 9.87. The Morgan fingerprint density at radius 2 is 1.76 bits per heavy atom. The first-order valence-corrected chi connectivity index (χ1v) is 7.74. The summed E-state index contributed by atoms with van der Waals surface area (Å²) in [6, 6.07) is 1.09. The van der Waals surface area contributed by atoms with Crippen molar-refractivity contribution in [2.24, 2.45) is 0 Å². The van der Waals surface area contributed by atoms with Gasteiger partial charge in [0.2, 0.25) is 0 Å². The lowest BCUT2D eigenvalue weighted by Gasteiger charge is -2.43. The van der Waals surface area contributed by atoms with Crippen LogP contribution in [0.2, 0.25) is 0 Å². The van der Waals surface area contributed by atoms with Crippen molar-refractivity contribution in [1.82, 2.24) is 4.90 Å². The SMILES string of the molecule is C=C1CCCCC1N(C(=S)S)C1CCCCC1. The second-order valence-corrected chi connectivity index (χ2v) is 6.51. The lowest BCUT2D eigenvalue weighted by Crippen LogP contribution is -2.47. The quantitative estimate of drug-likeness (QED) is 0.451. The predicted octanol–water partition coefficient (Wildman–Crippen LogP) is 4.33. The van der Waals surface area contributed by atoms with E-state index in [2.05, 4.69) is 24.1 Å². The van der Waals surface area contributed by atoms with Gasteiger partial charge in [-0.1, -0.05) is 50.1 Å². The van der Waals surface area contributed by atoms with Crippen molar-refractivity contribution in [2.75, 3.05) is 0 Å². The minimum absolute atomic E-state index is 0.469. The Morgan fingerprint density at radius 1 is 1.12 bits per heavy atom. The van der Waals surface area contributed by atoms with Crippen LogP contribution in [-0.4, -0.2) is 21.3 Å². The summed E-state index contributed by atoms with van der Waals surface area (Å²) < 4.78 is 0.782. The molecule has 2 rings (SSSR count). The van der Waals surface area contributed by atoms with Crippen molar-refractivity contribution < 1.29 is 0 Å². The first-order valence-electron chi connectivity index (χ1n) is 6.89. The van der Waals surface area contributed by atoms with E-state index >= 15 is 0 Å². The molecule has 96 valence electrons. The van der Waals surface area contributed by atoms with Crippen molar-refractivity contribution in [3.63, 3.8) is 0 Å². The Bertz CT molecular complexity index is 295. The van der Waals surface area contributed by atoms with E-state index in [1.807, 2.05) is 0 Å². The Hall–Kier alpha value is -0.0200. The van der Waals surface area contributed by atoms with Gasteiger partial charge in [-0.3, -0.25) is 0 Å². The highest BCUT2D eigenvalue weighted by Crippen LogP contribution is 2.33. The lowest BCUT2D eigenvalue weighted by molar-refractivity contribution is 0.195. The Labute approximate surface area is 116 Å². The van der Waals surface area contributed by atoms with E-state index in [1.165, 1.54) is 63.4 Å². The minimum Gasteiger partial charge on any atom is -0.348 e. The molecule has 0 aromatic carbocycles. The van der Waals surface area contributed by atoms with Crippen molar-refractivity contribution in [3.8, 4) is 0 Å². The van der Waals surface area contributed by atoms with Crippen LogP contribution >= 0.6 is 24.8 Å². The molecule has 2 fully saturated rings. The molecule has 1 atom stereocenters. The van der Waals surface area contributed by atoms with Gasteiger partial charge in [0, 0.05) is 6.04 Å². The molecule has 0 radical (unpaired) electrons. The average Bonchev–Trinajstić information content (AvgIpc) is 2.33. The van der Waals surface area contributed by atoms with Crippen LogP contribution in [0.1, 0.15) is 57.8 Å². The second kappa shape index (κ2) is 6.24. The summed E-state index contributed by atoms with van der Waals surface area (Å²) in [4.78, 5) is 2.40. The third-order valence-electron chi connectivity index (χ3n) is 4.22. The van der Waals surface area contributed by atoms with Crippen LogP contribution in [0.15, 0.2) is 12.2 Å². The van der Waals surface area contributed by atoms with E-state index in [9.17, 15) is 0 Å². The molecule has 2 aliphatic carbocycles. The number of nitrogens with zero attached hydrogens (tertiary/aromatic N) is 1. The van der Waals surface area contributed by atoms with Crippen LogP contribution in [-0.2, 0) is 0 Å². The highest BCUT2D eigenvalue weighted by molar-refractivity contribution is 8.10. The van der Waals surface area contributed by atoms with Crippen molar-refractivity contribution in [3.05, 3.63) is 12.2 Å². The molecule has 0 N–H and O–H groups in total. The van der Waals surface area contributed by atoms with Gasteiger partial charge < -0.3 is 4.90 Å². The molecule has 2 aliphatic rings. The van der Waals surface area contributed by atoms with E-state index in [0.29, 0.717) is 12.1 Å². The van der Waals surface area contributed by atoms with E-state index in [0.717, 1.165) is 4.32 Å². The first-order chi connectivity index (χ1) is 8.20. The molecule has 0 amide bonds. The highest BCUT2D eigenvalue weighted by atomic mass is 32.1. The maximum absolute atomic E-state index is 5.38. The number of hydrogen-bond acceptors (Lipinski definition) is 1. The van der Waals surface area contributed by atoms with Gasteiger partial charge in [0.05, 0.1) is 6.04 Å². The molecule has 1 nitrogen and oxygen atoms in total. The molecule has 3 heteroatoms. The van der Waals surface area contributed by atoms with Crippen molar-refractivity contribution in [2.45, 2.75) is 69.9 Å². The average molecular weight is 269 g/mol. The number of thiol groups is 1. The van der Waals surface area contributed by atoms with E-state index in [4.69, 9.17) is 12.2 Å². The first kappa shape index (κ1) is 13.4. The van der Waals surface area contributed by atoms with Crippen LogP contribution in [0.4, 0.5) is 0 Å². The van der Waals surface area contributed by atoms with Crippen LogP contribution in [0.5, 0.6) is 0 Å². The smallest absolute Gasteiger partial charge is 0.134 e. The molecule has 0 saturated heterocycles. The van der Waals surface area contributed by atoms with E-state index in [1.54, 1.807) is 0 Å². The molecule has 0 spiro atoms. The van der Waals surface area contributed by atoms with Gasteiger partial charge in [-0.05, 0) is 32.1 Å². The van der Waals surface area contributed by atoms with Crippen LogP contribution in [0, 0.1) is 0 Å². The maximum Gasteiger partial charge on any atom is 0.134 e. The normalized spacial score (nSPS) is 26.9. The largest absolute Gasteiger partial charge is 0.348 e. The third kappa shape index (κ3) is 3.25. The topological polar surface area (TPSA) is 3.24 Å². The zero-order chi connectivity index (χ0) is 12.3. The Morgan fingerprint density at radius 3 is 2.35 bits per heavy atom.